The molecule has 0 amide bonds. The van der Waals surface area contributed by atoms with Gasteiger partial charge in [0.2, 0.25) is 0 Å². The second kappa shape index (κ2) is 7.72. The number of rotatable bonds is 5. The van der Waals surface area contributed by atoms with Crippen molar-refractivity contribution >= 4 is 38.2 Å². The van der Waals surface area contributed by atoms with Gasteiger partial charge in [-0.15, -0.1) is 0 Å². The Morgan fingerprint density at radius 2 is 2.06 bits per heavy atom. The molecule has 2 aliphatic heterocycles. The van der Waals surface area contributed by atoms with Crippen LogP contribution >= 0.6 is 0 Å². The Labute approximate surface area is 186 Å². The van der Waals surface area contributed by atoms with Gasteiger partial charge in [-0.25, -0.2) is 18.1 Å². The molecule has 1 aliphatic carbocycles. The molecule has 2 fully saturated rings. The molecule has 5 rings (SSSR count). The molecule has 2 aromatic heterocycles. The lowest BCUT2D eigenvalue weighted by Gasteiger charge is -2.40. The summed E-state index contributed by atoms with van der Waals surface area (Å²) in [6.45, 7) is 2.70. The molecular weight excluding hydrogens is 434 g/mol. The van der Waals surface area contributed by atoms with Crippen molar-refractivity contribution < 1.29 is 22.8 Å². The number of aromatic nitrogens is 3. The minimum absolute atomic E-state index is 0.0390. The number of fused-ring (bicyclic) bond motifs is 1. The van der Waals surface area contributed by atoms with Crippen LogP contribution in [0.1, 0.15) is 44.6 Å². The van der Waals surface area contributed by atoms with Gasteiger partial charge in [0.1, 0.15) is 15.4 Å². The Hall–Kier alpha value is -2.69. The third kappa shape index (κ3) is 3.62. The molecule has 1 saturated heterocycles. The third-order valence-electron chi connectivity index (χ3n) is 6.79. The average molecular weight is 462 g/mol. The number of aryl methyl sites for hydroxylation is 1. The second-order valence-corrected chi connectivity index (χ2v) is 11.2. The Morgan fingerprint density at radius 1 is 1.31 bits per heavy atom. The average Bonchev–Trinajstić information content (AvgIpc) is 3.38. The van der Waals surface area contributed by atoms with Gasteiger partial charge in [-0.3, -0.25) is 4.79 Å². The van der Waals surface area contributed by atoms with Gasteiger partial charge in [-0.05, 0) is 19.8 Å². The summed E-state index contributed by atoms with van der Waals surface area (Å²) in [5, 5.41) is 13.3. The first-order valence-corrected chi connectivity index (χ1v) is 12.8. The van der Waals surface area contributed by atoms with Crippen molar-refractivity contribution in [1.82, 2.24) is 14.8 Å². The van der Waals surface area contributed by atoms with Crippen molar-refractivity contribution in [3.05, 3.63) is 18.0 Å². The number of nitrogens with one attached hydrogen (secondary N) is 1. The summed E-state index contributed by atoms with van der Waals surface area (Å²) in [4.78, 5) is 22.2. The van der Waals surface area contributed by atoms with Crippen LogP contribution in [0.25, 0.3) is 11.0 Å². The molecule has 32 heavy (non-hydrogen) atoms. The monoisotopic (exact) mass is 461 g/mol. The van der Waals surface area contributed by atoms with Crippen LogP contribution in [0, 0.1) is 5.92 Å². The minimum Gasteiger partial charge on any atom is -0.469 e. The number of oxime groups is 1. The van der Waals surface area contributed by atoms with Gasteiger partial charge >= 0.3 is 5.97 Å². The summed E-state index contributed by atoms with van der Waals surface area (Å²) in [7, 11) is -1.55. The molecule has 0 radical (unpaired) electrons. The van der Waals surface area contributed by atoms with Crippen LogP contribution in [0.15, 0.2) is 17.5 Å². The standard InChI is InChI=1S/C21H27N5O5S/c1-3-26-19-16(12-23-26)18(24-14-4-6-32(28,29)7-5-14)15(11-22-19)17-10-21(31-25-17)8-13(9-21)20(27)30-2/h11-14H,3-10H2,1-2H3,(H,22,24). The number of anilines is 1. The van der Waals surface area contributed by atoms with Crippen molar-refractivity contribution in [1.29, 1.82) is 0 Å². The second-order valence-electron chi connectivity index (χ2n) is 8.93. The normalized spacial score (nSPS) is 22.4. The Balaban J connectivity index is 1.43. The first-order valence-electron chi connectivity index (χ1n) is 11.0. The molecule has 0 unspecified atom stereocenters. The summed E-state index contributed by atoms with van der Waals surface area (Å²) >= 11 is 0. The summed E-state index contributed by atoms with van der Waals surface area (Å²) in [6.07, 6.45) is 6.44. The third-order valence-corrected chi connectivity index (χ3v) is 8.51. The SMILES string of the molecule is CCn1ncc2c(NC3CCS(=O)(=O)CC3)c(C3=NOC4(C3)CC(C(=O)OC)C4)cnc21. The maximum absolute atomic E-state index is 11.9. The molecule has 0 atom stereocenters. The van der Waals surface area contributed by atoms with E-state index in [1.54, 1.807) is 12.4 Å². The maximum atomic E-state index is 11.9. The zero-order valence-electron chi connectivity index (χ0n) is 18.2. The number of esters is 1. The van der Waals surface area contributed by atoms with Crippen molar-refractivity contribution in [2.45, 2.75) is 57.2 Å². The summed E-state index contributed by atoms with van der Waals surface area (Å²) < 4.78 is 30.4. The highest BCUT2D eigenvalue weighted by molar-refractivity contribution is 7.91. The van der Waals surface area contributed by atoms with E-state index in [-0.39, 0.29) is 29.4 Å². The summed E-state index contributed by atoms with van der Waals surface area (Å²) in [5.74, 6) is 0.00628. The molecule has 11 heteroatoms. The molecule has 3 aliphatic rings. The van der Waals surface area contributed by atoms with Crippen LogP contribution in [-0.4, -0.2) is 65.1 Å². The molecule has 1 N–H and O–H groups in total. The molecule has 172 valence electrons. The van der Waals surface area contributed by atoms with Crippen molar-refractivity contribution in [3.8, 4) is 0 Å². The van der Waals surface area contributed by atoms with Gasteiger partial charge in [0, 0.05) is 43.6 Å². The van der Waals surface area contributed by atoms with Crippen molar-refractivity contribution in [3.63, 3.8) is 0 Å². The van der Waals surface area contributed by atoms with E-state index < -0.39 is 15.4 Å². The Bertz CT molecular complexity index is 1180. The first kappa shape index (κ1) is 21.2. The summed E-state index contributed by atoms with van der Waals surface area (Å²) in [5.41, 5.74) is 2.78. The minimum atomic E-state index is -2.95. The Morgan fingerprint density at radius 3 is 2.75 bits per heavy atom. The predicted octanol–water partition coefficient (Wildman–Crippen LogP) is 1.89. The van der Waals surface area contributed by atoms with Crippen LogP contribution in [-0.2, 0) is 30.8 Å². The van der Waals surface area contributed by atoms with Crippen LogP contribution in [0.4, 0.5) is 5.69 Å². The number of carbonyl (C=O) groups excluding carboxylic acids is 1. The number of nitrogens with zero attached hydrogens (tertiary/aromatic N) is 4. The highest BCUT2D eigenvalue weighted by atomic mass is 32.2. The fourth-order valence-corrected chi connectivity index (χ4v) is 6.42. The van der Waals surface area contributed by atoms with Crippen LogP contribution in [0.5, 0.6) is 0 Å². The van der Waals surface area contributed by atoms with Crippen LogP contribution in [0.2, 0.25) is 0 Å². The molecule has 0 bridgehead atoms. The number of pyridine rings is 1. The number of hydrogen-bond donors (Lipinski definition) is 1. The quantitative estimate of drug-likeness (QED) is 0.669. The zero-order valence-corrected chi connectivity index (χ0v) is 19.0. The van der Waals surface area contributed by atoms with E-state index in [1.165, 1.54) is 7.11 Å². The topological polar surface area (TPSA) is 125 Å². The molecule has 2 aromatic rings. The van der Waals surface area contributed by atoms with Gasteiger partial charge in [-0.2, -0.15) is 5.10 Å². The largest absolute Gasteiger partial charge is 0.469 e. The highest BCUT2D eigenvalue weighted by Gasteiger charge is 2.54. The molecule has 1 spiro atoms. The van der Waals surface area contributed by atoms with E-state index in [0.29, 0.717) is 38.6 Å². The van der Waals surface area contributed by atoms with Gasteiger partial charge in [0.15, 0.2) is 5.65 Å². The first-order chi connectivity index (χ1) is 15.3. The van der Waals surface area contributed by atoms with Gasteiger partial charge in [0.05, 0.1) is 47.5 Å². The molecule has 0 aromatic carbocycles. The number of ether oxygens (including phenoxy) is 1. The Kier molecular flexibility index (Phi) is 5.11. The number of hydrogen-bond acceptors (Lipinski definition) is 9. The number of methoxy groups -OCH3 is 1. The van der Waals surface area contributed by atoms with Gasteiger partial charge in [-0.1, -0.05) is 5.16 Å². The van der Waals surface area contributed by atoms with E-state index in [0.717, 1.165) is 28.0 Å². The fraction of sp³-hybridized carbons (Fsp3) is 0.619. The number of sulfone groups is 1. The van der Waals surface area contributed by atoms with Gasteiger partial charge in [0.25, 0.3) is 0 Å². The molecular formula is C21H27N5O5S. The fourth-order valence-electron chi connectivity index (χ4n) is 4.93. The van der Waals surface area contributed by atoms with E-state index in [4.69, 9.17) is 9.57 Å². The van der Waals surface area contributed by atoms with E-state index in [1.807, 2.05) is 11.6 Å². The number of carbonyl (C=O) groups is 1. The van der Waals surface area contributed by atoms with Crippen molar-refractivity contribution in [2.75, 3.05) is 23.9 Å². The molecule has 1 saturated carbocycles. The van der Waals surface area contributed by atoms with E-state index in [2.05, 4.69) is 20.6 Å². The lowest BCUT2D eigenvalue weighted by atomic mass is 9.68. The maximum Gasteiger partial charge on any atom is 0.308 e. The smallest absolute Gasteiger partial charge is 0.308 e. The van der Waals surface area contributed by atoms with Crippen molar-refractivity contribution in [2.24, 2.45) is 11.1 Å². The predicted molar refractivity (Wildman–Crippen MR) is 118 cm³/mol. The van der Waals surface area contributed by atoms with Gasteiger partial charge < -0.3 is 14.9 Å². The lowest BCUT2D eigenvalue weighted by Crippen LogP contribution is -2.47. The lowest BCUT2D eigenvalue weighted by molar-refractivity contribution is -0.166. The zero-order chi connectivity index (χ0) is 22.5. The molecule has 10 nitrogen and oxygen atoms in total. The van der Waals surface area contributed by atoms with E-state index >= 15 is 0 Å². The van der Waals surface area contributed by atoms with Crippen LogP contribution < -0.4 is 5.32 Å². The highest BCUT2D eigenvalue weighted by Crippen LogP contribution is 2.48. The summed E-state index contributed by atoms with van der Waals surface area (Å²) in [6, 6.07) is 0.0390. The van der Waals surface area contributed by atoms with Crippen LogP contribution in [0.3, 0.4) is 0 Å². The molecule has 4 heterocycles. The van der Waals surface area contributed by atoms with E-state index in [9.17, 15) is 13.2 Å².